The Hall–Kier alpha value is -1.70. The van der Waals surface area contributed by atoms with Crippen molar-refractivity contribution in [1.29, 1.82) is 0 Å². The van der Waals surface area contributed by atoms with Crippen molar-refractivity contribution >= 4 is 12.3 Å². The van der Waals surface area contributed by atoms with Crippen LogP contribution in [0.2, 0.25) is 0 Å². The molecule has 0 radical (unpaired) electrons. The third kappa shape index (κ3) is 138. The van der Waals surface area contributed by atoms with Gasteiger partial charge in [0.15, 0.2) is 0 Å². The van der Waals surface area contributed by atoms with Gasteiger partial charge >= 0.3 is 12.3 Å². The molecule has 0 amide bonds. The standard InChI is InChI=1S/2C4H10O3.2CH2O3/c2*1-2-6-3-4-7-5;2*2-1(3)4/h2*5H,2-4H2,1H3;2*(H2,2,3,4). The molecule has 0 rings (SSSR count). The third-order valence-electron chi connectivity index (χ3n) is 1.05. The summed E-state index contributed by atoms with van der Waals surface area (Å²) in [5, 5.41) is 43.3. The summed E-state index contributed by atoms with van der Waals surface area (Å²) in [6, 6.07) is 0. The van der Waals surface area contributed by atoms with Crippen LogP contribution in [0.1, 0.15) is 13.8 Å². The van der Waals surface area contributed by atoms with Gasteiger partial charge in [-0.25, -0.2) is 19.4 Å². The Labute approximate surface area is 126 Å². The Morgan fingerprint density at radius 3 is 1.05 bits per heavy atom. The lowest BCUT2D eigenvalue weighted by atomic mass is 10.8. The van der Waals surface area contributed by atoms with Crippen molar-refractivity contribution in [3.05, 3.63) is 0 Å². The molecule has 0 aromatic rings. The van der Waals surface area contributed by atoms with Crippen molar-refractivity contribution in [1.82, 2.24) is 0 Å². The predicted octanol–water partition coefficient (Wildman–Crippen LogP) is 1.47. The summed E-state index contributed by atoms with van der Waals surface area (Å²) in [4.78, 5) is 24.5. The number of hydrogen-bond donors (Lipinski definition) is 6. The molecule has 0 saturated heterocycles. The molecule has 0 spiro atoms. The van der Waals surface area contributed by atoms with Gasteiger partial charge in [0.25, 0.3) is 0 Å². The fourth-order valence-electron chi connectivity index (χ4n) is 0.481. The summed E-state index contributed by atoms with van der Waals surface area (Å²) >= 11 is 0. The van der Waals surface area contributed by atoms with Crippen molar-refractivity contribution in [3.63, 3.8) is 0 Å². The van der Waals surface area contributed by atoms with Crippen LogP contribution in [0.3, 0.4) is 0 Å². The molecule has 0 bridgehead atoms. The maximum atomic E-state index is 8.56. The lowest BCUT2D eigenvalue weighted by Gasteiger charge is -1.94. The first-order valence-corrected chi connectivity index (χ1v) is 5.81. The van der Waals surface area contributed by atoms with E-state index in [1.165, 1.54) is 0 Å². The Balaban J connectivity index is -0.000000102. The van der Waals surface area contributed by atoms with Crippen molar-refractivity contribution < 1.29 is 59.8 Å². The first kappa shape index (κ1) is 28.5. The van der Waals surface area contributed by atoms with Gasteiger partial charge in [0.2, 0.25) is 0 Å². The van der Waals surface area contributed by atoms with E-state index in [0.29, 0.717) is 26.4 Å². The highest BCUT2D eigenvalue weighted by Gasteiger charge is 1.80. The van der Waals surface area contributed by atoms with E-state index in [4.69, 9.17) is 50.0 Å². The Kier molecular flexibility index (Phi) is 40.9. The van der Waals surface area contributed by atoms with E-state index in [9.17, 15) is 0 Å². The normalized spacial score (nSPS) is 8.18. The molecule has 6 N–H and O–H groups in total. The lowest BCUT2D eigenvalue weighted by molar-refractivity contribution is -0.248. The SMILES string of the molecule is CCOCCOO.CCOCCOO.O=C(O)O.O=C(O)O. The average molecular weight is 336 g/mol. The summed E-state index contributed by atoms with van der Waals surface area (Å²) in [6.07, 6.45) is -3.67. The van der Waals surface area contributed by atoms with Crippen LogP contribution in [0.15, 0.2) is 0 Å². The lowest BCUT2D eigenvalue weighted by Crippen LogP contribution is -2.00. The number of carbonyl (C=O) groups is 2. The Bertz CT molecular complexity index is 172. The van der Waals surface area contributed by atoms with Gasteiger partial charge in [-0.1, -0.05) is 0 Å². The first-order chi connectivity index (χ1) is 10.3. The van der Waals surface area contributed by atoms with Gasteiger partial charge in [-0.15, -0.1) is 0 Å². The third-order valence-corrected chi connectivity index (χ3v) is 1.05. The van der Waals surface area contributed by atoms with E-state index in [-0.39, 0.29) is 13.2 Å². The maximum Gasteiger partial charge on any atom is 0.503 e. The molecule has 0 fully saturated rings. The smallest absolute Gasteiger partial charge is 0.450 e. The van der Waals surface area contributed by atoms with E-state index in [1.54, 1.807) is 0 Å². The van der Waals surface area contributed by atoms with Crippen LogP contribution >= 0.6 is 0 Å². The zero-order valence-electron chi connectivity index (χ0n) is 12.4. The Morgan fingerprint density at radius 2 is 0.909 bits per heavy atom. The van der Waals surface area contributed by atoms with Crippen LogP contribution < -0.4 is 0 Å². The van der Waals surface area contributed by atoms with Crippen molar-refractivity contribution in [2.24, 2.45) is 0 Å². The van der Waals surface area contributed by atoms with E-state index in [0.717, 1.165) is 0 Å². The van der Waals surface area contributed by atoms with Gasteiger partial charge in [0.05, 0.1) is 13.2 Å². The summed E-state index contributed by atoms with van der Waals surface area (Å²) in [7, 11) is 0. The highest BCUT2D eigenvalue weighted by atomic mass is 17.1. The van der Waals surface area contributed by atoms with Crippen molar-refractivity contribution in [2.75, 3.05) is 39.6 Å². The number of hydrogen-bond acceptors (Lipinski definition) is 8. The number of ether oxygens (including phenoxy) is 2. The maximum absolute atomic E-state index is 8.56. The summed E-state index contributed by atoms with van der Waals surface area (Å²) in [5.74, 6) is 0. The molecule has 0 unspecified atom stereocenters. The summed E-state index contributed by atoms with van der Waals surface area (Å²) in [5.41, 5.74) is 0. The minimum atomic E-state index is -1.83. The molecular weight excluding hydrogens is 312 g/mol. The molecule has 0 aromatic carbocycles. The second kappa shape index (κ2) is 31.6. The molecule has 0 heterocycles. The van der Waals surface area contributed by atoms with Crippen LogP contribution in [0, 0.1) is 0 Å². The molecular formula is C10H24O12. The summed E-state index contributed by atoms with van der Waals surface area (Å²) < 4.78 is 9.58. The molecule has 0 saturated carbocycles. The van der Waals surface area contributed by atoms with E-state index >= 15 is 0 Å². The van der Waals surface area contributed by atoms with Gasteiger partial charge in [0.1, 0.15) is 13.2 Å². The largest absolute Gasteiger partial charge is 0.503 e. The molecule has 22 heavy (non-hydrogen) atoms. The summed E-state index contributed by atoms with van der Waals surface area (Å²) in [6.45, 7) is 6.56. The fourth-order valence-corrected chi connectivity index (χ4v) is 0.481. The second-order valence-electron chi connectivity index (χ2n) is 2.63. The molecule has 0 aromatic heterocycles. The van der Waals surface area contributed by atoms with Crippen LogP contribution in [0.25, 0.3) is 0 Å². The van der Waals surface area contributed by atoms with Crippen molar-refractivity contribution in [3.8, 4) is 0 Å². The average Bonchev–Trinajstić information content (AvgIpc) is 2.39. The Morgan fingerprint density at radius 1 is 0.682 bits per heavy atom. The second-order valence-corrected chi connectivity index (χ2v) is 2.63. The van der Waals surface area contributed by atoms with E-state index < -0.39 is 12.3 Å². The molecule has 0 aliphatic heterocycles. The van der Waals surface area contributed by atoms with Crippen LogP contribution in [0.5, 0.6) is 0 Å². The van der Waals surface area contributed by atoms with Crippen LogP contribution in [0.4, 0.5) is 9.59 Å². The number of rotatable bonds is 8. The fraction of sp³-hybridized carbons (Fsp3) is 0.800. The van der Waals surface area contributed by atoms with Gasteiger partial charge in [-0.3, -0.25) is 10.5 Å². The number of carboxylic acid groups (broad SMARTS) is 4. The molecule has 136 valence electrons. The monoisotopic (exact) mass is 336 g/mol. The molecule has 12 heteroatoms. The minimum absolute atomic E-state index is 0.258. The van der Waals surface area contributed by atoms with Crippen LogP contribution in [-0.2, 0) is 19.2 Å². The molecule has 0 aliphatic rings. The molecule has 0 atom stereocenters. The highest BCUT2D eigenvalue weighted by molar-refractivity contribution is 5.53. The topological polar surface area (TPSA) is 192 Å². The zero-order valence-corrected chi connectivity index (χ0v) is 12.4. The highest BCUT2D eigenvalue weighted by Crippen LogP contribution is 1.71. The van der Waals surface area contributed by atoms with Crippen molar-refractivity contribution in [2.45, 2.75) is 13.8 Å². The minimum Gasteiger partial charge on any atom is -0.450 e. The molecule has 12 nitrogen and oxygen atoms in total. The van der Waals surface area contributed by atoms with Gasteiger partial charge in [-0.05, 0) is 13.8 Å². The van der Waals surface area contributed by atoms with E-state index in [2.05, 4.69) is 9.78 Å². The zero-order chi connectivity index (χ0) is 18.2. The molecule has 0 aliphatic carbocycles. The predicted molar refractivity (Wildman–Crippen MR) is 71.5 cm³/mol. The van der Waals surface area contributed by atoms with E-state index in [1.807, 2.05) is 13.8 Å². The van der Waals surface area contributed by atoms with Crippen LogP contribution in [-0.4, -0.2) is 82.9 Å². The van der Waals surface area contributed by atoms with Gasteiger partial charge < -0.3 is 29.9 Å². The quantitative estimate of drug-likeness (QED) is 0.212. The van der Waals surface area contributed by atoms with Gasteiger partial charge in [-0.2, -0.15) is 0 Å². The van der Waals surface area contributed by atoms with Gasteiger partial charge in [0, 0.05) is 13.2 Å². The first-order valence-electron chi connectivity index (χ1n) is 5.81.